The molecule has 0 aliphatic carbocycles. The van der Waals surface area contributed by atoms with Crippen LogP contribution < -0.4 is 11.1 Å². The molecule has 0 radical (unpaired) electrons. The highest BCUT2D eigenvalue weighted by atomic mass is 32.1. The number of nitrogens with two attached hydrogens (primary N) is 1. The van der Waals surface area contributed by atoms with Crippen molar-refractivity contribution in [3.63, 3.8) is 0 Å². The fourth-order valence-corrected chi connectivity index (χ4v) is 2.18. The van der Waals surface area contributed by atoms with Crippen LogP contribution in [0.3, 0.4) is 0 Å². The SMILES string of the molecule is COC(CNC(=O)c1csc(CCN)n1)CC(=O)O. The largest absolute Gasteiger partial charge is 0.481 e. The quantitative estimate of drug-likeness (QED) is 0.613. The molecule has 1 rings (SSSR count). The lowest BCUT2D eigenvalue weighted by atomic mass is 10.2. The van der Waals surface area contributed by atoms with E-state index in [9.17, 15) is 9.59 Å². The number of hydrogen-bond donors (Lipinski definition) is 3. The molecule has 0 aromatic carbocycles. The molecular formula is C11H17N3O4S. The second-order valence-electron chi connectivity index (χ2n) is 3.83. The number of methoxy groups -OCH3 is 1. The molecule has 0 spiro atoms. The summed E-state index contributed by atoms with van der Waals surface area (Å²) in [5.74, 6) is -1.31. The van der Waals surface area contributed by atoms with E-state index >= 15 is 0 Å². The van der Waals surface area contributed by atoms with Crippen LogP contribution in [0, 0.1) is 0 Å². The molecule has 1 unspecified atom stereocenters. The maximum Gasteiger partial charge on any atom is 0.306 e. The third kappa shape index (κ3) is 5.33. The van der Waals surface area contributed by atoms with Gasteiger partial charge < -0.3 is 20.9 Å². The summed E-state index contributed by atoms with van der Waals surface area (Å²) in [5.41, 5.74) is 5.72. The second kappa shape index (κ2) is 7.82. The fourth-order valence-electron chi connectivity index (χ4n) is 1.38. The highest BCUT2D eigenvalue weighted by molar-refractivity contribution is 7.09. The summed E-state index contributed by atoms with van der Waals surface area (Å²) in [7, 11) is 1.40. The van der Waals surface area contributed by atoms with Crippen LogP contribution in [0.1, 0.15) is 21.9 Å². The van der Waals surface area contributed by atoms with Crippen molar-refractivity contribution in [2.75, 3.05) is 20.2 Å². The van der Waals surface area contributed by atoms with Crippen LogP contribution in [0.5, 0.6) is 0 Å². The number of carboxylic acid groups (broad SMARTS) is 1. The van der Waals surface area contributed by atoms with Gasteiger partial charge in [-0.05, 0) is 6.54 Å². The normalized spacial score (nSPS) is 12.1. The summed E-state index contributed by atoms with van der Waals surface area (Å²) >= 11 is 1.38. The number of aliphatic carboxylic acids is 1. The van der Waals surface area contributed by atoms with E-state index < -0.39 is 12.1 Å². The third-order valence-electron chi connectivity index (χ3n) is 2.37. The molecule has 0 fully saturated rings. The van der Waals surface area contributed by atoms with Crippen molar-refractivity contribution in [3.8, 4) is 0 Å². The predicted octanol–water partition coefficient (Wildman–Crippen LogP) is -0.136. The Balaban J connectivity index is 2.47. The lowest BCUT2D eigenvalue weighted by Crippen LogP contribution is -2.34. The molecule has 7 nitrogen and oxygen atoms in total. The average Bonchev–Trinajstić information content (AvgIpc) is 2.82. The van der Waals surface area contributed by atoms with Gasteiger partial charge in [-0.15, -0.1) is 11.3 Å². The van der Waals surface area contributed by atoms with Gasteiger partial charge in [-0.3, -0.25) is 9.59 Å². The molecule has 106 valence electrons. The Morgan fingerprint density at radius 3 is 2.95 bits per heavy atom. The highest BCUT2D eigenvalue weighted by Crippen LogP contribution is 2.10. The van der Waals surface area contributed by atoms with E-state index in [1.54, 1.807) is 5.38 Å². The number of nitrogens with one attached hydrogen (secondary N) is 1. The maximum absolute atomic E-state index is 11.8. The summed E-state index contributed by atoms with van der Waals surface area (Å²) in [4.78, 5) is 26.4. The summed E-state index contributed by atoms with van der Waals surface area (Å²) in [5, 5.41) is 13.7. The molecule has 0 aliphatic rings. The van der Waals surface area contributed by atoms with E-state index in [-0.39, 0.29) is 18.9 Å². The van der Waals surface area contributed by atoms with Crippen LogP contribution in [-0.2, 0) is 16.0 Å². The molecular weight excluding hydrogens is 270 g/mol. The van der Waals surface area contributed by atoms with Crippen molar-refractivity contribution < 1.29 is 19.4 Å². The second-order valence-corrected chi connectivity index (χ2v) is 4.77. The molecule has 8 heteroatoms. The van der Waals surface area contributed by atoms with Gasteiger partial charge in [0.25, 0.3) is 5.91 Å². The zero-order valence-corrected chi connectivity index (χ0v) is 11.4. The number of carboxylic acids is 1. The van der Waals surface area contributed by atoms with Gasteiger partial charge in [0.2, 0.25) is 0 Å². The van der Waals surface area contributed by atoms with E-state index in [0.29, 0.717) is 18.7 Å². The zero-order valence-electron chi connectivity index (χ0n) is 10.6. The van der Waals surface area contributed by atoms with Gasteiger partial charge in [0.15, 0.2) is 0 Å². The van der Waals surface area contributed by atoms with Gasteiger partial charge in [0, 0.05) is 25.5 Å². The molecule has 1 aromatic heterocycles. The molecule has 4 N–H and O–H groups in total. The van der Waals surface area contributed by atoms with E-state index in [4.69, 9.17) is 15.6 Å². The van der Waals surface area contributed by atoms with Crippen molar-refractivity contribution in [3.05, 3.63) is 16.1 Å². The molecule has 1 heterocycles. The Kier molecular flexibility index (Phi) is 6.40. The number of thiazole rings is 1. The van der Waals surface area contributed by atoms with Gasteiger partial charge in [-0.1, -0.05) is 0 Å². The molecule has 0 saturated carbocycles. The van der Waals surface area contributed by atoms with Crippen molar-refractivity contribution in [2.24, 2.45) is 5.73 Å². The van der Waals surface area contributed by atoms with Crippen LogP contribution >= 0.6 is 11.3 Å². The topological polar surface area (TPSA) is 115 Å². The first-order valence-corrected chi connectivity index (χ1v) is 6.62. The van der Waals surface area contributed by atoms with Gasteiger partial charge in [0.1, 0.15) is 5.69 Å². The minimum atomic E-state index is -0.972. The van der Waals surface area contributed by atoms with E-state index in [2.05, 4.69) is 10.3 Å². The molecule has 0 bridgehead atoms. The van der Waals surface area contributed by atoms with Crippen LogP contribution in [0.2, 0.25) is 0 Å². The van der Waals surface area contributed by atoms with Crippen molar-refractivity contribution >= 4 is 23.2 Å². The molecule has 1 atom stereocenters. The standard InChI is InChI=1S/C11H17N3O4S/c1-18-7(4-10(15)16)5-13-11(17)8-6-19-9(14-8)2-3-12/h6-7H,2-5,12H2,1H3,(H,13,17)(H,15,16). The average molecular weight is 287 g/mol. The smallest absolute Gasteiger partial charge is 0.306 e. The summed E-state index contributed by atoms with van der Waals surface area (Å²) in [6.07, 6.45) is -0.0761. The predicted molar refractivity (Wildman–Crippen MR) is 70.3 cm³/mol. The first-order chi connectivity index (χ1) is 9.06. The lowest BCUT2D eigenvalue weighted by molar-refractivity contribution is -0.139. The minimum absolute atomic E-state index is 0.130. The van der Waals surface area contributed by atoms with Crippen LogP contribution in [0.4, 0.5) is 0 Å². The molecule has 0 aliphatic heterocycles. The van der Waals surface area contributed by atoms with Crippen molar-refractivity contribution in [1.82, 2.24) is 10.3 Å². The lowest BCUT2D eigenvalue weighted by Gasteiger charge is -2.13. The van der Waals surface area contributed by atoms with Crippen LogP contribution in [0.25, 0.3) is 0 Å². The number of carbonyl (C=O) groups is 2. The summed E-state index contributed by atoms with van der Waals surface area (Å²) in [6.45, 7) is 0.615. The third-order valence-corrected chi connectivity index (χ3v) is 3.28. The number of carbonyl (C=O) groups excluding carboxylic acids is 1. The van der Waals surface area contributed by atoms with E-state index in [0.717, 1.165) is 5.01 Å². The van der Waals surface area contributed by atoms with E-state index in [1.807, 2.05) is 0 Å². The Hall–Kier alpha value is -1.51. The first-order valence-electron chi connectivity index (χ1n) is 5.74. The van der Waals surface area contributed by atoms with Crippen molar-refractivity contribution in [1.29, 1.82) is 0 Å². The van der Waals surface area contributed by atoms with Gasteiger partial charge in [-0.25, -0.2) is 4.98 Å². The molecule has 1 aromatic rings. The maximum atomic E-state index is 11.8. The minimum Gasteiger partial charge on any atom is -0.481 e. The van der Waals surface area contributed by atoms with Crippen LogP contribution in [0.15, 0.2) is 5.38 Å². The van der Waals surface area contributed by atoms with E-state index in [1.165, 1.54) is 18.4 Å². The van der Waals surface area contributed by atoms with Gasteiger partial charge in [0.05, 0.1) is 17.5 Å². The Bertz CT molecular complexity index is 435. The van der Waals surface area contributed by atoms with Gasteiger partial charge in [-0.2, -0.15) is 0 Å². The van der Waals surface area contributed by atoms with Gasteiger partial charge >= 0.3 is 5.97 Å². The summed E-state index contributed by atoms with van der Waals surface area (Å²) < 4.78 is 4.96. The number of nitrogens with zero attached hydrogens (tertiary/aromatic N) is 1. The van der Waals surface area contributed by atoms with Crippen LogP contribution in [-0.4, -0.2) is 48.3 Å². The fraction of sp³-hybridized carbons (Fsp3) is 0.545. The van der Waals surface area contributed by atoms with Crippen molar-refractivity contribution in [2.45, 2.75) is 18.9 Å². The first kappa shape index (κ1) is 15.5. The highest BCUT2D eigenvalue weighted by Gasteiger charge is 2.15. The molecule has 0 saturated heterocycles. The number of amides is 1. The number of ether oxygens (including phenoxy) is 1. The number of hydrogen-bond acceptors (Lipinski definition) is 6. The Morgan fingerprint density at radius 2 is 2.37 bits per heavy atom. The number of rotatable bonds is 8. The zero-order chi connectivity index (χ0) is 14.3. The number of aromatic nitrogens is 1. The monoisotopic (exact) mass is 287 g/mol. The molecule has 19 heavy (non-hydrogen) atoms. The Morgan fingerprint density at radius 1 is 1.63 bits per heavy atom. The summed E-state index contributed by atoms with van der Waals surface area (Å²) in [6, 6.07) is 0. The molecule has 1 amide bonds. The Labute approximate surface area is 114 Å².